The Labute approximate surface area is 181 Å². The molecule has 2 rings (SSSR count). The predicted octanol–water partition coefficient (Wildman–Crippen LogP) is 5.01. The van der Waals surface area contributed by atoms with Crippen molar-refractivity contribution in [2.45, 2.75) is 52.2 Å². The van der Waals surface area contributed by atoms with Gasteiger partial charge < -0.3 is 10.2 Å². The first-order chi connectivity index (χ1) is 13.7. The van der Waals surface area contributed by atoms with Crippen molar-refractivity contribution in [3.05, 3.63) is 69.5 Å². The van der Waals surface area contributed by atoms with Gasteiger partial charge in [-0.2, -0.15) is 0 Å². The zero-order valence-corrected chi connectivity index (χ0v) is 18.2. The average Bonchev–Trinajstić information content (AvgIpc) is 2.68. The minimum atomic E-state index is -0.782. The number of hydrogen-bond acceptors (Lipinski definition) is 2. The third-order valence-corrected chi connectivity index (χ3v) is 5.57. The number of benzene rings is 2. The second kappa shape index (κ2) is 10.6. The van der Waals surface area contributed by atoms with Crippen LogP contribution in [-0.4, -0.2) is 28.8 Å². The quantitative estimate of drug-likeness (QED) is 0.629. The fourth-order valence-electron chi connectivity index (χ4n) is 2.81. The third-order valence-electron chi connectivity index (χ3n) is 4.86. The van der Waals surface area contributed by atoms with Gasteiger partial charge in [-0.1, -0.05) is 54.4 Å². The van der Waals surface area contributed by atoms with Gasteiger partial charge in [0, 0.05) is 28.2 Å². The van der Waals surface area contributed by atoms with E-state index in [1.165, 1.54) is 11.0 Å². The Morgan fingerprint density at radius 1 is 1.07 bits per heavy atom. The van der Waals surface area contributed by atoms with Crippen molar-refractivity contribution < 1.29 is 14.0 Å². The summed E-state index contributed by atoms with van der Waals surface area (Å²) in [5, 5.41) is 3.68. The molecule has 0 aliphatic heterocycles. The van der Waals surface area contributed by atoms with Gasteiger partial charge in [0.05, 0.1) is 6.42 Å². The lowest BCUT2D eigenvalue weighted by Gasteiger charge is -2.30. The Morgan fingerprint density at radius 3 is 2.28 bits per heavy atom. The third kappa shape index (κ3) is 6.18. The molecule has 4 nitrogen and oxygen atoms in total. The minimum Gasteiger partial charge on any atom is -0.352 e. The summed E-state index contributed by atoms with van der Waals surface area (Å²) in [6.45, 7) is 5.53. The van der Waals surface area contributed by atoms with E-state index in [0.717, 1.165) is 6.42 Å². The molecule has 1 N–H and O–H groups in total. The van der Waals surface area contributed by atoms with E-state index < -0.39 is 17.8 Å². The molecule has 0 aromatic heterocycles. The molecule has 7 heteroatoms. The number of amides is 2. The molecule has 0 fully saturated rings. The molecule has 0 unspecified atom stereocenters. The van der Waals surface area contributed by atoms with Crippen LogP contribution in [0.15, 0.2) is 42.5 Å². The summed E-state index contributed by atoms with van der Waals surface area (Å²) < 4.78 is 14.1. The van der Waals surface area contributed by atoms with Gasteiger partial charge in [0.25, 0.3) is 0 Å². The summed E-state index contributed by atoms with van der Waals surface area (Å²) in [5.41, 5.74) is 0.809. The largest absolute Gasteiger partial charge is 0.352 e. The van der Waals surface area contributed by atoms with Crippen LogP contribution in [0, 0.1) is 5.82 Å². The zero-order chi connectivity index (χ0) is 21.6. The number of nitrogens with zero attached hydrogens (tertiary/aromatic N) is 1. The maximum absolute atomic E-state index is 14.1. The molecule has 2 aromatic carbocycles. The van der Waals surface area contributed by atoms with E-state index >= 15 is 0 Å². The van der Waals surface area contributed by atoms with Gasteiger partial charge in [0.1, 0.15) is 11.9 Å². The van der Waals surface area contributed by atoms with Crippen molar-refractivity contribution in [1.82, 2.24) is 10.2 Å². The molecule has 0 aliphatic carbocycles. The van der Waals surface area contributed by atoms with Gasteiger partial charge >= 0.3 is 0 Å². The van der Waals surface area contributed by atoms with E-state index in [9.17, 15) is 14.0 Å². The zero-order valence-electron chi connectivity index (χ0n) is 16.7. The van der Waals surface area contributed by atoms with Gasteiger partial charge in [-0.3, -0.25) is 9.59 Å². The highest BCUT2D eigenvalue weighted by atomic mass is 35.5. The van der Waals surface area contributed by atoms with E-state index in [-0.39, 0.29) is 30.5 Å². The standard InChI is InChI=1S/C22H25Cl2FN2O2/c1-4-14(2)26-22(29)15(3)27(13-17-18(23)9-7-10-19(17)24)21(28)12-16-8-5-6-11-20(16)25/h5-11,14-15H,4,12-13H2,1-3H3,(H,26,29)/t14-,15+/m1/s1. The fraction of sp³-hybridized carbons (Fsp3) is 0.364. The lowest BCUT2D eigenvalue weighted by Crippen LogP contribution is -2.50. The summed E-state index contributed by atoms with van der Waals surface area (Å²) in [6, 6.07) is 10.3. The normalized spacial score (nSPS) is 12.9. The molecule has 2 atom stereocenters. The first-order valence-electron chi connectivity index (χ1n) is 9.50. The first kappa shape index (κ1) is 23.2. The van der Waals surface area contributed by atoms with Crippen LogP contribution in [0.1, 0.15) is 38.3 Å². The topological polar surface area (TPSA) is 49.4 Å². The molecule has 29 heavy (non-hydrogen) atoms. The van der Waals surface area contributed by atoms with Gasteiger partial charge in [-0.15, -0.1) is 0 Å². The molecular formula is C22H25Cl2FN2O2. The van der Waals surface area contributed by atoms with Crippen LogP contribution in [0.25, 0.3) is 0 Å². The second-order valence-electron chi connectivity index (χ2n) is 6.98. The van der Waals surface area contributed by atoms with Crippen LogP contribution in [0.5, 0.6) is 0 Å². The Kier molecular flexibility index (Phi) is 8.47. The number of nitrogens with one attached hydrogen (secondary N) is 1. The number of carbonyl (C=O) groups is 2. The molecule has 2 aromatic rings. The van der Waals surface area contributed by atoms with E-state index in [4.69, 9.17) is 23.2 Å². The van der Waals surface area contributed by atoms with Gasteiger partial charge in [-0.25, -0.2) is 4.39 Å². The van der Waals surface area contributed by atoms with Crippen molar-refractivity contribution >= 4 is 35.0 Å². The van der Waals surface area contributed by atoms with E-state index in [1.54, 1.807) is 43.3 Å². The van der Waals surface area contributed by atoms with Crippen molar-refractivity contribution in [2.75, 3.05) is 0 Å². The molecule has 156 valence electrons. The van der Waals surface area contributed by atoms with Crippen LogP contribution in [0.4, 0.5) is 4.39 Å². The maximum Gasteiger partial charge on any atom is 0.242 e. The Hall–Kier alpha value is -2.11. The van der Waals surface area contributed by atoms with E-state index in [1.807, 2.05) is 13.8 Å². The molecule has 0 spiro atoms. The molecule has 0 radical (unpaired) electrons. The lowest BCUT2D eigenvalue weighted by atomic mass is 10.1. The average molecular weight is 439 g/mol. The van der Waals surface area contributed by atoms with Crippen LogP contribution in [0.3, 0.4) is 0 Å². The van der Waals surface area contributed by atoms with E-state index in [2.05, 4.69) is 5.32 Å². The van der Waals surface area contributed by atoms with Gasteiger partial charge in [-0.05, 0) is 44.0 Å². The molecule has 0 saturated carbocycles. The van der Waals surface area contributed by atoms with Crippen LogP contribution >= 0.6 is 23.2 Å². The fourth-order valence-corrected chi connectivity index (χ4v) is 3.33. The summed E-state index contributed by atoms with van der Waals surface area (Å²) in [5.74, 6) is -1.14. The lowest BCUT2D eigenvalue weighted by molar-refractivity contribution is -0.140. The SMILES string of the molecule is CC[C@@H](C)NC(=O)[C@H](C)N(Cc1c(Cl)cccc1Cl)C(=O)Cc1ccccc1F. The second-order valence-corrected chi connectivity index (χ2v) is 7.80. The first-order valence-corrected chi connectivity index (χ1v) is 10.3. The van der Waals surface area contributed by atoms with Crippen LogP contribution in [0.2, 0.25) is 10.0 Å². The van der Waals surface area contributed by atoms with Gasteiger partial charge in [0.2, 0.25) is 11.8 Å². The van der Waals surface area contributed by atoms with Gasteiger partial charge in [0.15, 0.2) is 0 Å². The van der Waals surface area contributed by atoms with E-state index in [0.29, 0.717) is 15.6 Å². The molecular weight excluding hydrogens is 414 g/mol. The molecule has 0 bridgehead atoms. The molecule has 0 saturated heterocycles. The molecule has 0 heterocycles. The Balaban J connectivity index is 2.32. The summed E-state index contributed by atoms with van der Waals surface area (Å²) in [7, 11) is 0. The van der Waals surface area contributed by atoms with Crippen LogP contribution < -0.4 is 5.32 Å². The highest BCUT2D eigenvalue weighted by Crippen LogP contribution is 2.27. The number of halogens is 3. The highest BCUT2D eigenvalue weighted by molar-refractivity contribution is 6.36. The van der Waals surface area contributed by atoms with Crippen LogP contribution in [-0.2, 0) is 22.6 Å². The van der Waals surface area contributed by atoms with Crippen molar-refractivity contribution in [2.24, 2.45) is 0 Å². The summed E-state index contributed by atoms with van der Waals surface area (Å²) >= 11 is 12.5. The number of rotatable bonds is 8. The maximum atomic E-state index is 14.1. The Bertz CT molecular complexity index is 855. The minimum absolute atomic E-state index is 0.0302. The van der Waals surface area contributed by atoms with Crippen molar-refractivity contribution in [3.8, 4) is 0 Å². The smallest absolute Gasteiger partial charge is 0.242 e. The summed E-state index contributed by atoms with van der Waals surface area (Å²) in [4.78, 5) is 27.2. The van der Waals surface area contributed by atoms with Crippen molar-refractivity contribution in [1.29, 1.82) is 0 Å². The number of hydrogen-bond donors (Lipinski definition) is 1. The summed E-state index contributed by atoms with van der Waals surface area (Å²) in [6.07, 6.45) is 0.591. The molecule has 0 aliphatic rings. The highest BCUT2D eigenvalue weighted by Gasteiger charge is 2.28. The predicted molar refractivity (Wildman–Crippen MR) is 114 cm³/mol. The van der Waals surface area contributed by atoms with Crippen molar-refractivity contribution in [3.63, 3.8) is 0 Å². The Morgan fingerprint density at radius 2 is 1.69 bits per heavy atom. The monoisotopic (exact) mass is 438 g/mol. The number of carbonyl (C=O) groups excluding carboxylic acids is 2. The molecule has 2 amide bonds.